The Morgan fingerprint density at radius 3 is 3.00 bits per heavy atom. The Morgan fingerprint density at radius 1 is 1.35 bits per heavy atom. The molecular formula is C11H8ClN3OS. The number of benzene rings is 1. The summed E-state index contributed by atoms with van der Waals surface area (Å²) in [6.45, 7) is 0. The summed E-state index contributed by atoms with van der Waals surface area (Å²) >= 11 is 7.18. The average molecular weight is 266 g/mol. The van der Waals surface area contributed by atoms with Gasteiger partial charge in [-0.15, -0.1) is 5.10 Å². The lowest BCUT2D eigenvalue weighted by molar-refractivity contribution is 0.520. The van der Waals surface area contributed by atoms with Crippen LogP contribution < -0.4 is 5.73 Å². The van der Waals surface area contributed by atoms with Gasteiger partial charge in [-0.05, 0) is 35.8 Å². The van der Waals surface area contributed by atoms with Crippen molar-refractivity contribution in [2.45, 2.75) is 6.04 Å². The van der Waals surface area contributed by atoms with Gasteiger partial charge in [-0.3, -0.25) is 0 Å². The number of hydrogen-bond donors (Lipinski definition) is 1. The molecule has 17 heavy (non-hydrogen) atoms. The highest BCUT2D eigenvalue weighted by Crippen LogP contribution is 2.27. The van der Waals surface area contributed by atoms with Gasteiger partial charge >= 0.3 is 0 Å². The molecule has 0 saturated carbocycles. The average Bonchev–Trinajstić information content (AvgIpc) is 2.96. The predicted octanol–water partition coefficient (Wildman–Crippen LogP) is 2.99. The SMILES string of the molecule is NC(c1csnn1)c1cc2cc(Cl)ccc2o1. The van der Waals surface area contributed by atoms with Crippen LogP contribution in [0.15, 0.2) is 34.1 Å². The molecule has 0 bridgehead atoms. The Labute approximate surface area is 106 Å². The van der Waals surface area contributed by atoms with E-state index in [1.165, 1.54) is 11.5 Å². The lowest BCUT2D eigenvalue weighted by atomic mass is 10.2. The molecule has 2 aromatic heterocycles. The molecule has 4 nitrogen and oxygen atoms in total. The molecule has 0 spiro atoms. The third kappa shape index (κ3) is 1.93. The molecule has 0 fully saturated rings. The first-order chi connectivity index (χ1) is 8.24. The van der Waals surface area contributed by atoms with E-state index in [0.29, 0.717) is 16.5 Å². The maximum absolute atomic E-state index is 6.04. The third-order valence-electron chi connectivity index (χ3n) is 2.50. The fourth-order valence-electron chi connectivity index (χ4n) is 1.64. The summed E-state index contributed by atoms with van der Waals surface area (Å²) in [6.07, 6.45) is 0. The molecule has 3 rings (SSSR count). The van der Waals surface area contributed by atoms with Gasteiger partial charge in [0.15, 0.2) is 0 Å². The minimum Gasteiger partial charge on any atom is -0.459 e. The van der Waals surface area contributed by atoms with Crippen molar-refractivity contribution in [3.63, 3.8) is 0 Å². The van der Waals surface area contributed by atoms with E-state index in [1.54, 1.807) is 6.07 Å². The Balaban J connectivity index is 2.06. The summed E-state index contributed by atoms with van der Waals surface area (Å²) < 4.78 is 9.45. The standard InChI is InChI=1S/C11H8ClN3OS/c12-7-1-2-9-6(3-7)4-10(16-9)11(13)8-5-17-15-14-8/h1-5,11H,13H2. The maximum Gasteiger partial charge on any atom is 0.134 e. The molecule has 0 aliphatic rings. The Bertz CT molecular complexity index is 650. The first-order valence-corrected chi connectivity index (χ1v) is 6.17. The van der Waals surface area contributed by atoms with Crippen LogP contribution in [0, 0.1) is 0 Å². The quantitative estimate of drug-likeness (QED) is 0.774. The summed E-state index contributed by atoms with van der Waals surface area (Å²) in [5, 5.41) is 7.36. The summed E-state index contributed by atoms with van der Waals surface area (Å²) in [5.74, 6) is 0.662. The molecule has 1 unspecified atom stereocenters. The molecule has 0 aliphatic heterocycles. The number of nitrogens with zero attached hydrogens (tertiary/aromatic N) is 2. The number of fused-ring (bicyclic) bond motifs is 1. The van der Waals surface area contributed by atoms with Gasteiger partial charge < -0.3 is 10.2 Å². The Kier molecular flexibility index (Phi) is 2.58. The van der Waals surface area contributed by atoms with Gasteiger partial charge in [-0.1, -0.05) is 16.1 Å². The van der Waals surface area contributed by atoms with Gasteiger partial charge in [0.1, 0.15) is 17.4 Å². The van der Waals surface area contributed by atoms with E-state index in [0.717, 1.165) is 11.0 Å². The zero-order valence-corrected chi connectivity index (χ0v) is 10.2. The topological polar surface area (TPSA) is 64.9 Å². The summed E-state index contributed by atoms with van der Waals surface area (Å²) in [6, 6.07) is 6.95. The highest BCUT2D eigenvalue weighted by atomic mass is 35.5. The molecule has 2 heterocycles. The molecule has 0 amide bonds. The van der Waals surface area contributed by atoms with Crippen molar-refractivity contribution in [3.05, 3.63) is 46.1 Å². The molecule has 86 valence electrons. The van der Waals surface area contributed by atoms with Crippen LogP contribution in [0.25, 0.3) is 11.0 Å². The number of nitrogens with two attached hydrogens (primary N) is 1. The summed E-state index contributed by atoms with van der Waals surface area (Å²) in [4.78, 5) is 0. The molecular weight excluding hydrogens is 258 g/mol. The lowest BCUT2D eigenvalue weighted by Gasteiger charge is -2.02. The van der Waals surface area contributed by atoms with E-state index in [9.17, 15) is 0 Å². The zero-order chi connectivity index (χ0) is 11.8. The predicted molar refractivity (Wildman–Crippen MR) is 67.2 cm³/mol. The first kappa shape index (κ1) is 10.7. The van der Waals surface area contributed by atoms with E-state index in [-0.39, 0.29) is 6.04 Å². The van der Waals surface area contributed by atoms with Gasteiger partial charge in [-0.25, -0.2) is 0 Å². The van der Waals surface area contributed by atoms with Crippen LogP contribution in [0.2, 0.25) is 5.02 Å². The highest BCUT2D eigenvalue weighted by molar-refractivity contribution is 7.03. The molecule has 6 heteroatoms. The fraction of sp³-hybridized carbons (Fsp3) is 0.0909. The van der Waals surface area contributed by atoms with Gasteiger partial charge in [-0.2, -0.15) is 0 Å². The number of aromatic nitrogens is 2. The minimum atomic E-state index is -0.389. The smallest absolute Gasteiger partial charge is 0.134 e. The normalized spacial score (nSPS) is 13.1. The second-order valence-corrected chi connectivity index (χ2v) is 4.68. The molecule has 1 aromatic carbocycles. The van der Waals surface area contributed by atoms with Crippen LogP contribution in [-0.4, -0.2) is 9.59 Å². The lowest BCUT2D eigenvalue weighted by Crippen LogP contribution is -2.11. The minimum absolute atomic E-state index is 0.389. The van der Waals surface area contributed by atoms with Crippen molar-refractivity contribution in [1.82, 2.24) is 9.59 Å². The molecule has 2 N–H and O–H groups in total. The van der Waals surface area contributed by atoms with Crippen molar-refractivity contribution in [2.75, 3.05) is 0 Å². The second kappa shape index (κ2) is 4.10. The van der Waals surface area contributed by atoms with Crippen LogP contribution in [-0.2, 0) is 0 Å². The van der Waals surface area contributed by atoms with Crippen molar-refractivity contribution < 1.29 is 4.42 Å². The number of halogens is 1. The Morgan fingerprint density at radius 2 is 2.24 bits per heavy atom. The van der Waals surface area contributed by atoms with E-state index < -0.39 is 0 Å². The molecule has 0 aliphatic carbocycles. The third-order valence-corrected chi connectivity index (χ3v) is 3.26. The monoisotopic (exact) mass is 265 g/mol. The highest BCUT2D eigenvalue weighted by Gasteiger charge is 2.16. The van der Waals surface area contributed by atoms with Gasteiger partial charge in [0.2, 0.25) is 0 Å². The number of hydrogen-bond acceptors (Lipinski definition) is 5. The van der Waals surface area contributed by atoms with Gasteiger partial charge in [0.25, 0.3) is 0 Å². The summed E-state index contributed by atoms with van der Waals surface area (Å²) in [5.41, 5.74) is 7.52. The van der Waals surface area contributed by atoms with Crippen molar-refractivity contribution in [3.8, 4) is 0 Å². The Hall–Kier alpha value is -1.43. The zero-order valence-electron chi connectivity index (χ0n) is 8.63. The van der Waals surface area contributed by atoms with E-state index in [4.69, 9.17) is 21.8 Å². The second-order valence-electron chi connectivity index (χ2n) is 3.64. The summed E-state index contributed by atoms with van der Waals surface area (Å²) in [7, 11) is 0. The van der Waals surface area contributed by atoms with Crippen molar-refractivity contribution >= 4 is 34.1 Å². The van der Waals surface area contributed by atoms with Crippen LogP contribution in [0.5, 0.6) is 0 Å². The number of furan rings is 1. The largest absolute Gasteiger partial charge is 0.459 e. The fourth-order valence-corrected chi connectivity index (χ4v) is 2.31. The van der Waals surface area contributed by atoms with E-state index >= 15 is 0 Å². The molecule has 0 radical (unpaired) electrons. The van der Waals surface area contributed by atoms with Crippen LogP contribution >= 0.6 is 23.1 Å². The molecule has 1 atom stereocenters. The van der Waals surface area contributed by atoms with Crippen molar-refractivity contribution in [2.24, 2.45) is 5.73 Å². The maximum atomic E-state index is 6.04. The first-order valence-electron chi connectivity index (χ1n) is 4.95. The van der Waals surface area contributed by atoms with Gasteiger partial charge in [0, 0.05) is 15.8 Å². The number of rotatable bonds is 2. The van der Waals surface area contributed by atoms with Crippen LogP contribution in [0.3, 0.4) is 0 Å². The van der Waals surface area contributed by atoms with Crippen molar-refractivity contribution in [1.29, 1.82) is 0 Å². The van der Waals surface area contributed by atoms with Crippen LogP contribution in [0.4, 0.5) is 0 Å². The molecule has 0 saturated heterocycles. The van der Waals surface area contributed by atoms with Crippen LogP contribution in [0.1, 0.15) is 17.5 Å². The van der Waals surface area contributed by atoms with E-state index in [1.807, 2.05) is 23.6 Å². The van der Waals surface area contributed by atoms with E-state index in [2.05, 4.69) is 9.59 Å². The van der Waals surface area contributed by atoms with Gasteiger partial charge in [0.05, 0.1) is 5.69 Å². The molecule has 3 aromatic rings.